The number of fused-ring (bicyclic) bond motifs is 1. The zero-order chi connectivity index (χ0) is 10.8. The van der Waals surface area contributed by atoms with Crippen LogP contribution in [0.2, 0.25) is 0 Å². The summed E-state index contributed by atoms with van der Waals surface area (Å²) < 4.78 is 0. The predicted octanol–water partition coefficient (Wildman–Crippen LogP) is 2.08. The van der Waals surface area contributed by atoms with E-state index < -0.39 is 5.97 Å². The molecule has 1 heterocycles. The molecule has 0 spiro atoms. The molecule has 0 amide bonds. The van der Waals surface area contributed by atoms with Crippen LogP contribution >= 0.6 is 15.9 Å². The van der Waals surface area contributed by atoms with E-state index in [1.807, 2.05) is 12.1 Å². The fourth-order valence-corrected chi connectivity index (χ4v) is 2.03. The number of aromatic amines is 1. The van der Waals surface area contributed by atoms with Crippen LogP contribution in [0.15, 0.2) is 18.5 Å². The first-order chi connectivity index (χ1) is 7.22. The van der Waals surface area contributed by atoms with Gasteiger partial charge in [-0.05, 0) is 11.1 Å². The van der Waals surface area contributed by atoms with Crippen LogP contribution in [0, 0.1) is 0 Å². The van der Waals surface area contributed by atoms with Crippen LogP contribution in [0.5, 0.6) is 0 Å². The first-order valence-electron chi connectivity index (χ1n) is 4.44. The Morgan fingerprint density at radius 1 is 1.47 bits per heavy atom. The quantitative estimate of drug-likeness (QED) is 0.838. The van der Waals surface area contributed by atoms with Gasteiger partial charge in [0.2, 0.25) is 0 Å². The van der Waals surface area contributed by atoms with Crippen molar-refractivity contribution in [1.82, 2.24) is 9.97 Å². The maximum Gasteiger partial charge on any atom is 0.307 e. The summed E-state index contributed by atoms with van der Waals surface area (Å²) in [5.41, 5.74) is 3.47. The molecule has 0 atom stereocenters. The third-order valence-electron chi connectivity index (χ3n) is 2.24. The highest BCUT2D eigenvalue weighted by atomic mass is 79.9. The summed E-state index contributed by atoms with van der Waals surface area (Å²) in [5, 5.41) is 9.46. The number of carboxylic acid groups (broad SMARTS) is 1. The fourth-order valence-electron chi connectivity index (χ4n) is 1.56. The molecule has 0 fully saturated rings. The second-order valence-corrected chi connectivity index (χ2v) is 3.77. The van der Waals surface area contributed by atoms with E-state index in [1.54, 1.807) is 6.33 Å². The fraction of sp³-hybridized carbons (Fsp3) is 0.200. The maximum absolute atomic E-state index is 10.6. The molecule has 2 rings (SSSR count). The monoisotopic (exact) mass is 268 g/mol. The number of aliphatic carboxylic acids is 1. The van der Waals surface area contributed by atoms with Crippen molar-refractivity contribution >= 4 is 32.9 Å². The highest BCUT2D eigenvalue weighted by molar-refractivity contribution is 9.08. The number of hydrogen-bond acceptors (Lipinski definition) is 2. The van der Waals surface area contributed by atoms with Gasteiger partial charge < -0.3 is 10.1 Å². The van der Waals surface area contributed by atoms with Gasteiger partial charge in [0.05, 0.1) is 23.8 Å². The molecule has 0 bridgehead atoms. The molecule has 1 aromatic carbocycles. The Kier molecular flexibility index (Phi) is 2.73. The van der Waals surface area contributed by atoms with Crippen molar-refractivity contribution in [1.29, 1.82) is 0 Å². The number of carboxylic acids is 1. The third-order valence-corrected chi connectivity index (χ3v) is 2.84. The van der Waals surface area contributed by atoms with Gasteiger partial charge in [0.15, 0.2) is 0 Å². The van der Waals surface area contributed by atoms with Gasteiger partial charge in [0, 0.05) is 5.33 Å². The second kappa shape index (κ2) is 4.02. The summed E-state index contributed by atoms with van der Waals surface area (Å²) in [4.78, 5) is 17.8. The van der Waals surface area contributed by atoms with E-state index >= 15 is 0 Å². The number of H-pyrrole nitrogens is 1. The van der Waals surface area contributed by atoms with Crippen molar-refractivity contribution in [3.8, 4) is 0 Å². The van der Waals surface area contributed by atoms with E-state index in [4.69, 9.17) is 5.11 Å². The molecule has 0 saturated heterocycles. The van der Waals surface area contributed by atoms with Crippen LogP contribution in [0.3, 0.4) is 0 Å². The van der Waals surface area contributed by atoms with Crippen molar-refractivity contribution in [3.63, 3.8) is 0 Å². The molecule has 0 unspecified atom stereocenters. The van der Waals surface area contributed by atoms with Crippen LogP contribution in [-0.2, 0) is 16.5 Å². The minimum absolute atomic E-state index is 0.00389. The summed E-state index contributed by atoms with van der Waals surface area (Å²) in [5.74, 6) is -0.842. The molecular formula is C10H9BrN2O2. The van der Waals surface area contributed by atoms with E-state index in [0.29, 0.717) is 0 Å². The molecule has 0 saturated carbocycles. The Balaban J connectivity index is 2.58. The van der Waals surface area contributed by atoms with E-state index in [-0.39, 0.29) is 6.42 Å². The van der Waals surface area contributed by atoms with Gasteiger partial charge in [-0.25, -0.2) is 4.98 Å². The van der Waals surface area contributed by atoms with Crippen molar-refractivity contribution in [2.75, 3.05) is 0 Å². The van der Waals surface area contributed by atoms with Gasteiger partial charge in [-0.1, -0.05) is 28.1 Å². The maximum atomic E-state index is 10.6. The number of imidazole rings is 1. The Morgan fingerprint density at radius 3 is 2.87 bits per heavy atom. The molecule has 5 heteroatoms. The molecule has 0 aliphatic carbocycles. The number of nitrogens with one attached hydrogen (secondary N) is 1. The molecule has 2 aromatic rings. The van der Waals surface area contributed by atoms with Crippen LogP contribution in [0.1, 0.15) is 11.1 Å². The SMILES string of the molecule is O=C(O)Cc1ccc(CBr)c2[nH]cnc12. The minimum Gasteiger partial charge on any atom is -0.481 e. The van der Waals surface area contributed by atoms with Gasteiger partial charge in [0.25, 0.3) is 0 Å². The average Bonchev–Trinajstić information content (AvgIpc) is 2.66. The van der Waals surface area contributed by atoms with Gasteiger partial charge in [-0.3, -0.25) is 4.79 Å². The van der Waals surface area contributed by atoms with Gasteiger partial charge in [-0.15, -0.1) is 0 Å². The Morgan fingerprint density at radius 2 is 2.20 bits per heavy atom. The van der Waals surface area contributed by atoms with Crippen LogP contribution in [0.25, 0.3) is 11.0 Å². The third kappa shape index (κ3) is 1.87. The predicted molar refractivity (Wildman–Crippen MR) is 60.1 cm³/mol. The molecule has 2 N–H and O–H groups in total. The molecule has 0 radical (unpaired) electrons. The number of hydrogen-bond donors (Lipinski definition) is 2. The smallest absolute Gasteiger partial charge is 0.307 e. The number of benzene rings is 1. The highest BCUT2D eigenvalue weighted by Gasteiger charge is 2.10. The summed E-state index contributed by atoms with van der Waals surface area (Å²) in [6, 6.07) is 3.72. The lowest BCUT2D eigenvalue weighted by molar-refractivity contribution is -0.136. The summed E-state index contributed by atoms with van der Waals surface area (Å²) in [7, 11) is 0. The first kappa shape index (κ1) is 10.2. The molecule has 78 valence electrons. The Labute approximate surface area is 94.5 Å². The minimum atomic E-state index is -0.842. The largest absolute Gasteiger partial charge is 0.481 e. The standard InChI is InChI=1S/C10H9BrN2O2/c11-4-7-2-1-6(3-8(14)15)9-10(7)13-5-12-9/h1-2,5H,3-4H2,(H,12,13)(H,14,15). The van der Waals surface area contributed by atoms with Crippen LogP contribution in [0.4, 0.5) is 0 Å². The summed E-state index contributed by atoms with van der Waals surface area (Å²) in [6.07, 6.45) is 1.59. The summed E-state index contributed by atoms with van der Waals surface area (Å²) in [6.45, 7) is 0. The average molecular weight is 269 g/mol. The normalized spacial score (nSPS) is 10.7. The Bertz CT molecular complexity index is 507. The topological polar surface area (TPSA) is 66.0 Å². The van der Waals surface area contributed by atoms with Crippen molar-refractivity contribution < 1.29 is 9.90 Å². The molecule has 4 nitrogen and oxygen atoms in total. The first-order valence-corrected chi connectivity index (χ1v) is 5.56. The lowest BCUT2D eigenvalue weighted by atomic mass is 10.1. The zero-order valence-corrected chi connectivity index (χ0v) is 9.41. The number of rotatable bonds is 3. The highest BCUT2D eigenvalue weighted by Crippen LogP contribution is 2.21. The van der Waals surface area contributed by atoms with E-state index in [9.17, 15) is 4.79 Å². The molecule has 15 heavy (non-hydrogen) atoms. The van der Waals surface area contributed by atoms with Crippen LogP contribution < -0.4 is 0 Å². The molecular weight excluding hydrogens is 260 g/mol. The molecule has 0 aliphatic rings. The van der Waals surface area contributed by atoms with E-state index in [2.05, 4.69) is 25.9 Å². The lowest BCUT2D eigenvalue weighted by Crippen LogP contribution is -2.01. The number of aromatic nitrogens is 2. The van der Waals surface area contributed by atoms with E-state index in [1.165, 1.54) is 0 Å². The van der Waals surface area contributed by atoms with Crippen molar-refractivity contribution in [3.05, 3.63) is 29.6 Å². The molecule has 1 aromatic heterocycles. The summed E-state index contributed by atoms with van der Waals surface area (Å²) >= 11 is 3.37. The van der Waals surface area contributed by atoms with Crippen molar-refractivity contribution in [2.24, 2.45) is 0 Å². The van der Waals surface area contributed by atoms with Gasteiger partial charge >= 0.3 is 5.97 Å². The number of halogens is 1. The van der Waals surface area contributed by atoms with Gasteiger partial charge in [-0.2, -0.15) is 0 Å². The second-order valence-electron chi connectivity index (χ2n) is 3.21. The zero-order valence-electron chi connectivity index (χ0n) is 7.83. The van der Waals surface area contributed by atoms with Crippen molar-refractivity contribution in [2.45, 2.75) is 11.8 Å². The number of nitrogens with zero attached hydrogens (tertiary/aromatic N) is 1. The van der Waals surface area contributed by atoms with Crippen LogP contribution in [-0.4, -0.2) is 21.0 Å². The van der Waals surface area contributed by atoms with E-state index in [0.717, 1.165) is 27.5 Å². The van der Waals surface area contributed by atoms with Gasteiger partial charge in [0.1, 0.15) is 0 Å². The lowest BCUT2D eigenvalue weighted by Gasteiger charge is -2.02. The number of alkyl halides is 1. The number of carbonyl (C=O) groups is 1. The molecule has 0 aliphatic heterocycles. The Hall–Kier alpha value is -1.36.